The number of hydrogen-bond acceptors (Lipinski definition) is 3. The third-order valence-electron chi connectivity index (χ3n) is 2.69. The molecule has 0 aromatic heterocycles. The molecule has 1 aromatic carbocycles. The number of nitrogens with zero attached hydrogens (tertiary/aromatic N) is 1. The van der Waals surface area contributed by atoms with Crippen LogP contribution in [0.5, 0.6) is 5.75 Å². The number of carbonyl (C=O) groups excluding carboxylic acids is 1. The van der Waals surface area contributed by atoms with Crippen molar-refractivity contribution in [3.63, 3.8) is 0 Å². The molecule has 0 saturated carbocycles. The number of ether oxygens (including phenoxy) is 1. The highest BCUT2D eigenvalue weighted by Gasteiger charge is 2.08. The van der Waals surface area contributed by atoms with Gasteiger partial charge in [0.25, 0.3) is 0 Å². The molecule has 0 aliphatic rings. The van der Waals surface area contributed by atoms with Crippen LogP contribution in [0.3, 0.4) is 0 Å². The second-order valence-corrected chi connectivity index (χ2v) is 3.76. The minimum Gasteiger partial charge on any atom is -0.410 e. The SMILES string of the molecule is CCN(CC)c1ccc(OC(=O)NC)cc1C.CI. The van der Waals surface area contributed by atoms with Crippen LogP contribution in [-0.4, -0.2) is 31.2 Å². The average Bonchev–Trinajstić information content (AvgIpc) is 2.44. The summed E-state index contributed by atoms with van der Waals surface area (Å²) < 4.78 is 5.08. The lowest BCUT2D eigenvalue weighted by Crippen LogP contribution is -2.23. The molecule has 0 saturated heterocycles. The Balaban J connectivity index is 0.00000154. The van der Waals surface area contributed by atoms with Gasteiger partial charge in [0.05, 0.1) is 0 Å². The van der Waals surface area contributed by atoms with Crippen LogP contribution in [0.25, 0.3) is 0 Å². The van der Waals surface area contributed by atoms with Gasteiger partial charge in [-0.3, -0.25) is 0 Å². The molecular formula is C14H23IN2O2. The summed E-state index contributed by atoms with van der Waals surface area (Å²) in [4.78, 5) is 15.3. The summed E-state index contributed by atoms with van der Waals surface area (Å²) in [6.07, 6.45) is -0.444. The van der Waals surface area contributed by atoms with E-state index in [0.29, 0.717) is 5.75 Å². The van der Waals surface area contributed by atoms with Crippen molar-refractivity contribution in [2.75, 3.05) is 30.0 Å². The van der Waals surface area contributed by atoms with Crippen molar-refractivity contribution in [3.8, 4) is 5.75 Å². The zero-order valence-electron chi connectivity index (χ0n) is 12.3. The van der Waals surface area contributed by atoms with E-state index in [-0.39, 0.29) is 0 Å². The molecule has 5 heteroatoms. The molecule has 0 aliphatic carbocycles. The molecule has 0 fully saturated rings. The second-order valence-electron chi connectivity index (χ2n) is 3.76. The first-order valence-electron chi connectivity index (χ1n) is 6.25. The Morgan fingerprint density at radius 3 is 2.32 bits per heavy atom. The van der Waals surface area contributed by atoms with Gasteiger partial charge in [0.15, 0.2) is 0 Å². The van der Waals surface area contributed by atoms with E-state index < -0.39 is 6.09 Å². The number of alkyl halides is 1. The number of carbonyl (C=O) groups is 1. The number of anilines is 1. The minimum atomic E-state index is -0.444. The lowest BCUT2D eigenvalue weighted by Gasteiger charge is -2.23. The van der Waals surface area contributed by atoms with Gasteiger partial charge in [0.2, 0.25) is 0 Å². The predicted octanol–water partition coefficient (Wildman–Crippen LogP) is 3.61. The summed E-state index contributed by atoms with van der Waals surface area (Å²) in [5.74, 6) is 0.567. The maximum atomic E-state index is 11.1. The maximum absolute atomic E-state index is 11.1. The monoisotopic (exact) mass is 378 g/mol. The fourth-order valence-electron chi connectivity index (χ4n) is 1.77. The second kappa shape index (κ2) is 9.89. The van der Waals surface area contributed by atoms with Crippen molar-refractivity contribution in [3.05, 3.63) is 23.8 Å². The van der Waals surface area contributed by atoms with Gasteiger partial charge in [0.1, 0.15) is 5.75 Å². The van der Waals surface area contributed by atoms with Crippen LogP contribution in [0.1, 0.15) is 19.4 Å². The smallest absolute Gasteiger partial charge is 0.410 e. The Morgan fingerprint density at radius 1 is 1.32 bits per heavy atom. The van der Waals surface area contributed by atoms with Gasteiger partial charge in [-0.15, -0.1) is 0 Å². The summed E-state index contributed by atoms with van der Waals surface area (Å²) >= 11 is 2.15. The van der Waals surface area contributed by atoms with Crippen molar-refractivity contribution in [1.82, 2.24) is 5.32 Å². The van der Waals surface area contributed by atoms with Gasteiger partial charge in [-0.25, -0.2) is 4.79 Å². The van der Waals surface area contributed by atoms with Crippen molar-refractivity contribution in [2.24, 2.45) is 0 Å². The first kappa shape index (κ1) is 18.0. The van der Waals surface area contributed by atoms with E-state index in [1.54, 1.807) is 7.05 Å². The van der Waals surface area contributed by atoms with Crippen molar-refractivity contribution >= 4 is 34.4 Å². The molecule has 108 valence electrons. The molecule has 4 nitrogen and oxygen atoms in total. The Labute approximate surface area is 129 Å². The van der Waals surface area contributed by atoms with Gasteiger partial charge in [-0.2, -0.15) is 0 Å². The molecule has 0 unspecified atom stereocenters. The third-order valence-corrected chi connectivity index (χ3v) is 2.69. The molecule has 0 aliphatic heterocycles. The summed E-state index contributed by atoms with van der Waals surface area (Å²) in [7, 11) is 1.54. The lowest BCUT2D eigenvalue weighted by molar-refractivity contribution is 0.203. The van der Waals surface area contributed by atoms with Crippen LogP contribution in [0.15, 0.2) is 18.2 Å². The molecule has 1 rings (SSSR count). The number of benzene rings is 1. The predicted molar refractivity (Wildman–Crippen MR) is 89.8 cm³/mol. The maximum Gasteiger partial charge on any atom is 0.412 e. The van der Waals surface area contributed by atoms with Crippen LogP contribution in [0.2, 0.25) is 0 Å². The Morgan fingerprint density at radius 2 is 1.89 bits per heavy atom. The van der Waals surface area contributed by atoms with E-state index in [0.717, 1.165) is 18.7 Å². The molecule has 1 amide bonds. The van der Waals surface area contributed by atoms with Crippen LogP contribution in [0.4, 0.5) is 10.5 Å². The van der Waals surface area contributed by atoms with Crippen molar-refractivity contribution in [2.45, 2.75) is 20.8 Å². The fraction of sp³-hybridized carbons (Fsp3) is 0.500. The normalized spacial score (nSPS) is 9.16. The van der Waals surface area contributed by atoms with Gasteiger partial charge in [-0.05, 0) is 49.5 Å². The Hall–Kier alpha value is -0.980. The van der Waals surface area contributed by atoms with Crippen LogP contribution in [-0.2, 0) is 0 Å². The molecule has 0 spiro atoms. The summed E-state index contributed by atoms with van der Waals surface area (Å²) in [5.41, 5.74) is 2.29. The van der Waals surface area contributed by atoms with E-state index in [4.69, 9.17) is 4.74 Å². The molecule has 0 radical (unpaired) electrons. The molecule has 0 heterocycles. The highest BCUT2D eigenvalue weighted by Crippen LogP contribution is 2.24. The topological polar surface area (TPSA) is 41.6 Å². The fourth-order valence-corrected chi connectivity index (χ4v) is 1.77. The van der Waals surface area contributed by atoms with Crippen LogP contribution >= 0.6 is 22.6 Å². The quantitative estimate of drug-likeness (QED) is 0.643. The number of amides is 1. The molecule has 1 aromatic rings. The van der Waals surface area contributed by atoms with Crippen molar-refractivity contribution < 1.29 is 9.53 Å². The number of halogens is 1. The summed E-state index contributed by atoms with van der Waals surface area (Å²) in [6.45, 7) is 8.19. The Kier molecular flexibility index (Phi) is 9.38. The lowest BCUT2D eigenvalue weighted by atomic mass is 10.1. The Bertz CT molecular complexity index is 393. The summed E-state index contributed by atoms with van der Waals surface area (Å²) in [5, 5.41) is 2.42. The van der Waals surface area contributed by atoms with E-state index >= 15 is 0 Å². The summed E-state index contributed by atoms with van der Waals surface area (Å²) in [6, 6.07) is 5.68. The number of nitrogens with one attached hydrogen (secondary N) is 1. The molecular weight excluding hydrogens is 355 g/mol. The minimum absolute atomic E-state index is 0.444. The van der Waals surface area contributed by atoms with Gasteiger partial charge < -0.3 is 15.0 Å². The number of rotatable bonds is 4. The molecule has 19 heavy (non-hydrogen) atoms. The first-order valence-corrected chi connectivity index (χ1v) is 8.41. The highest BCUT2D eigenvalue weighted by atomic mass is 127. The van der Waals surface area contributed by atoms with Crippen LogP contribution < -0.4 is 15.0 Å². The largest absolute Gasteiger partial charge is 0.412 e. The third kappa shape index (κ3) is 5.67. The first-order chi connectivity index (χ1) is 9.12. The van der Waals surface area contributed by atoms with E-state index in [1.807, 2.05) is 30.1 Å². The molecule has 0 bridgehead atoms. The van der Waals surface area contributed by atoms with Crippen LogP contribution in [0, 0.1) is 6.92 Å². The number of hydrogen-bond donors (Lipinski definition) is 1. The zero-order chi connectivity index (χ0) is 14.8. The van der Waals surface area contributed by atoms with Gasteiger partial charge in [0, 0.05) is 25.8 Å². The van der Waals surface area contributed by atoms with E-state index in [2.05, 4.69) is 46.7 Å². The molecule has 0 atom stereocenters. The van der Waals surface area contributed by atoms with Crippen molar-refractivity contribution in [1.29, 1.82) is 0 Å². The van der Waals surface area contributed by atoms with E-state index in [1.165, 1.54) is 5.69 Å². The zero-order valence-corrected chi connectivity index (χ0v) is 14.4. The van der Waals surface area contributed by atoms with Gasteiger partial charge in [-0.1, -0.05) is 22.6 Å². The molecule has 1 N–H and O–H groups in total. The standard InChI is InChI=1S/C13H20N2O2.CH3I/c1-5-15(6-2)12-8-7-11(9-10(12)3)17-13(16)14-4;1-2/h7-9H,5-6H2,1-4H3,(H,14,16);1H3. The highest BCUT2D eigenvalue weighted by molar-refractivity contribution is 14.1. The van der Waals surface area contributed by atoms with E-state index in [9.17, 15) is 4.79 Å². The van der Waals surface area contributed by atoms with Gasteiger partial charge >= 0.3 is 6.09 Å². The number of aryl methyl sites for hydroxylation is 1. The average molecular weight is 378 g/mol.